The highest BCUT2D eigenvalue weighted by Crippen LogP contribution is 2.35. The molecule has 0 atom stereocenters. The lowest BCUT2D eigenvalue weighted by atomic mass is 9.97. The van der Waals surface area contributed by atoms with E-state index in [0.717, 1.165) is 29.8 Å². The number of rotatable bonds is 5. The molecular formula is C28H28N4O2. The molecule has 0 aliphatic carbocycles. The number of pyridine rings is 1. The third-order valence-electron chi connectivity index (χ3n) is 6.56. The molecular weight excluding hydrogens is 424 g/mol. The van der Waals surface area contributed by atoms with Crippen LogP contribution in [0.2, 0.25) is 0 Å². The number of amides is 2. The summed E-state index contributed by atoms with van der Waals surface area (Å²) in [7, 11) is 0. The third kappa shape index (κ3) is 4.07. The van der Waals surface area contributed by atoms with E-state index in [2.05, 4.69) is 33.0 Å². The maximum Gasteiger partial charge on any atom is 0.278 e. The summed E-state index contributed by atoms with van der Waals surface area (Å²) in [6.07, 6.45) is 1.68. The molecule has 0 N–H and O–H groups in total. The van der Waals surface area contributed by atoms with Crippen LogP contribution in [0.25, 0.3) is 5.57 Å². The smallest absolute Gasteiger partial charge is 0.278 e. The molecule has 2 aliphatic heterocycles. The van der Waals surface area contributed by atoms with Gasteiger partial charge in [0.2, 0.25) is 0 Å². The van der Waals surface area contributed by atoms with Gasteiger partial charge in [-0.2, -0.15) is 0 Å². The van der Waals surface area contributed by atoms with Gasteiger partial charge in [0.25, 0.3) is 11.8 Å². The predicted octanol–water partition coefficient (Wildman–Crippen LogP) is 3.80. The first kappa shape index (κ1) is 21.9. The third-order valence-corrected chi connectivity index (χ3v) is 6.56. The highest BCUT2D eigenvalue weighted by Gasteiger charge is 2.42. The first-order chi connectivity index (χ1) is 16.5. The van der Waals surface area contributed by atoms with Gasteiger partial charge in [-0.15, -0.1) is 0 Å². The van der Waals surface area contributed by atoms with Gasteiger partial charge in [-0.25, -0.2) is 0 Å². The predicted molar refractivity (Wildman–Crippen MR) is 133 cm³/mol. The second-order valence-corrected chi connectivity index (χ2v) is 8.87. The van der Waals surface area contributed by atoms with Crippen molar-refractivity contribution in [2.75, 3.05) is 31.1 Å². The Hall–Kier alpha value is -3.93. The van der Waals surface area contributed by atoms with E-state index in [1.165, 1.54) is 10.6 Å². The quantitative estimate of drug-likeness (QED) is 0.551. The molecule has 34 heavy (non-hydrogen) atoms. The van der Waals surface area contributed by atoms with Crippen molar-refractivity contribution >= 4 is 23.1 Å². The maximum absolute atomic E-state index is 13.7. The average Bonchev–Trinajstić information content (AvgIpc) is 3.10. The molecule has 0 unspecified atom stereocenters. The summed E-state index contributed by atoms with van der Waals surface area (Å²) in [5, 5.41) is 0. The molecule has 0 saturated carbocycles. The summed E-state index contributed by atoms with van der Waals surface area (Å²) in [6.45, 7) is 7.12. The lowest BCUT2D eigenvalue weighted by Crippen LogP contribution is -2.47. The summed E-state index contributed by atoms with van der Waals surface area (Å²) >= 11 is 0. The van der Waals surface area contributed by atoms with Gasteiger partial charge < -0.3 is 9.80 Å². The highest BCUT2D eigenvalue weighted by molar-refractivity contribution is 6.35. The molecule has 2 aliphatic rings. The van der Waals surface area contributed by atoms with E-state index in [0.29, 0.717) is 30.1 Å². The number of benzene rings is 2. The van der Waals surface area contributed by atoms with Crippen LogP contribution in [0.1, 0.15) is 22.4 Å². The van der Waals surface area contributed by atoms with Crippen LogP contribution in [0, 0.1) is 13.8 Å². The van der Waals surface area contributed by atoms with Crippen LogP contribution in [0.3, 0.4) is 0 Å². The largest absolute Gasteiger partial charge is 0.368 e. The molecule has 6 heteroatoms. The van der Waals surface area contributed by atoms with E-state index in [1.807, 2.05) is 62.4 Å². The number of imide groups is 1. The lowest BCUT2D eigenvalue weighted by Gasteiger charge is -2.37. The van der Waals surface area contributed by atoms with E-state index in [9.17, 15) is 9.59 Å². The number of para-hydroxylation sites is 1. The molecule has 172 valence electrons. The standard InChI is InChI=1S/C28H28N4O2/c1-20-11-12-24(21(2)18-20)25-26(28(34)32(27(25)33)19-22-8-6-7-13-29-22)31-16-14-30(15-17-31)23-9-4-3-5-10-23/h3-13,18H,14-17,19H2,1-2H3. The highest BCUT2D eigenvalue weighted by atomic mass is 16.2. The van der Waals surface area contributed by atoms with Crippen LogP contribution in [-0.2, 0) is 16.1 Å². The summed E-state index contributed by atoms with van der Waals surface area (Å²) in [6, 6.07) is 21.9. The monoisotopic (exact) mass is 452 g/mol. The number of aryl methyl sites for hydroxylation is 2. The van der Waals surface area contributed by atoms with Crippen molar-refractivity contribution in [3.05, 3.63) is 101 Å². The molecule has 1 aromatic heterocycles. The van der Waals surface area contributed by atoms with Crippen LogP contribution in [0.4, 0.5) is 5.69 Å². The summed E-state index contributed by atoms with van der Waals surface area (Å²) < 4.78 is 0. The van der Waals surface area contributed by atoms with Crippen molar-refractivity contribution in [2.45, 2.75) is 20.4 Å². The minimum atomic E-state index is -0.247. The van der Waals surface area contributed by atoms with Crippen molar-refractivity contribution < 1.29 is 9.59 Å². The summed E-state index contributed by atoms with van der Waals surface area (Å²) in [4.78, 5) is 37.5. The summed E-state index contributed by atoms with van der Waals surface area (Å²) in [5.41, 5.74) is 5.84. The van der Waals surface area contributed by atoms with Crippen molar-refractivity contribution in [1.82, 2.24) is 14.8 Å². The molecule has 6 nitrogen and oxygen atoms in total. The Morgan fingerprint density at radius 2 is 1.50 bits per heavy atom. The van der Waals surface area contributed by atoms with Gasteiger partial charge in [0.05, 0.1) is 17.8 Å². The van der Waals surface area contributed by atoms with E-state index in [-0.39, 0.29) is 18.4 Å². The van der Waals surface area contributed by atoms with Crippen LogP contribution in [0.15, 0.2) is 78.6 Å². The number of nitrogens with zero attached hydrogens (tertiary/aromatic N) is 4. The van der Waals surface area contributed by atoms with Gasteiger partial charge in [-0.1, -0.05) is 48.0 Å². The number of anilines is 1. The van der Waals surface area contributed by atoms with Gasteiger partial charge in [0, 0.05) is 38.1 Å². The molecule has 2 aromatic carbocycles. The Morgan fingerprint density at radius 1 is 0.794 bits per heavy atom. The lowest BCUT2D eigenvalue weighted by molar-refractivity contribution is -0.138. The minimum Gasteiger partial charge on any atom is -0.368 e. The number of aromatic nitrogens is 1. The topological polar surface area (TPSA) is 56.8 Å². The second kappa shape index (κ2) is 9.14. The number of hydrogen-bond acceptors (Lipinski definition) is 5. The molecule has 1 saturated heterocycles. The molecule has 3 heterocycles. The van der Waals surface area contributed by atoms with Crippen LogP contribution >= 0.6 is 0 Å². The number of piperazine rings is 1. The normalized spacial score (nSPS) is 16.6. The van der Waals surface area contributed by atoms with Crippen molar-refractivity contribution in [2.24, 2.45) is 0 Å². The van der Waals surface area contributed by atoms with Crippen LogP contribution < -0.4 is 4.90 Å². The molecule has 0 spiro atoms. The Kier molecular flexibility index (Phi) is 5.88. The van der Waals surface area contributed by atoms with Gasteiger partial charge >= 0.3 is 0 Å². The second-order valence-electron chi connectivity index (χ2n) is 8.87. The zero-order chi connectivity index (χ0) is 23.7. The molecule has 3 aromatic rings. The van der Waals surface area contributed by atoms with E-state index < -0.39 is 0 Å². The Bertz CT molecular complexity index is 1250. The van der Waals surface area contributed by atoms with Crippen LogP contribution in [0.5, 0.6) is 0 Å². The number of carbonyl (C=O) groups is 2. The first-order valence-electron chi connectivity index (χ1n) is 11.7. The molecule has 5 rings (SSSR count). The maximum atomic E-state index is 13.7. The van der Waals surface area contributed by atoms with E-state index >= 15 is 0 Å². The molecule has 0 radical (unpaired) electrons. The Labute approximate surface area is 200 Å². The molecule has 1 fully saturated rings. The first-order valence-corrected chi connectivity index (χ1v) is 11.7. The van der Waals surface area contributed by atoms with E-state index in [4.69, 9.17) is 0 Å². The van der Waals surface area contributed by atoms with Crippen molar-refractivity contribution in [3.63, 3.8) is 0 Å². The van der Waals surface area contributed by atoms with Gasteiger partial charge in [0.1, 0.15) is 5.70 Å². The van der Waals surface area contributed by atoms with Crippen molar-refractivity contribution in [3.8, 4) is 0 Å². The molecule has 2 amide bonds. The van der Waals surface area contributed by atoms with E-state index in [1.54, 1.807) is 6.20 Å². The fourth-order valence-corrected chi connectivity index (χ4v) is 4.82. The fourth-order valence-electron chi connectivity index (χ4n) is 4.82. The Morgan fingerprint density at radius 3 is 2.18 bits per heavy atom. The zero-order valence-corrected chi connectivity index (χ0v) is 19.6. The van der Waals surface area contributed by atoms with Gasteiger partial charge in [0.15, 0.2) is 0 Å². The Balaban J connectivity index is 1.48. The van der Waals surface area contributed by atoms with Gasteiger partial charge in [-0.3, -0.25) is 19.5 Å². The van der Waals surface area contributed by atoms with Gasteiger partial charge in [-0.05, 0) is 49.2 Å². The summed E-state index contributed by atoms with van der Waals surface area (Å²) in [5.74, 6) is -0.484. The average molecular weight is 453 g/mol. The number of carbonyl (C=O) groups excluding carboxylic acids is 2. The zero-order valence-electron chi connectivity index (χ0n) is 19.6. The SMILES string of the molecule is Cc1ccc(C2=C(N3CCN(c4ccccc4)CC3)C(=O)N(Cc3ccccn3)C2=O)c(C)c1. The fraction of sp³-hybridized carbons (Fsp3) is 0.250. The van der Waals surface area contributed by atoms with Crippen LogP contribution in [-0.4, -0.2) is 52.8 Å². The number of hydrogen-bond donors (Lipinski definition) is 0. The van der Waals surface area contributed by atoms with Crippen molar-refractivity contribution in [1.29, 1.82) is 0 Å². The minimum absolute atomic E-state index is 0.167. The molecule has 0 bridgehead atoms.